The van der Waals surface area contributed by atoms with Crippen molar-refractivity contribution in [1.29, 1.82) is 0 Å². The molecule has 11 nitrogen and oxygen atoms in total. The van der Waals surface area contributed by atoms with Gasteiger partial charge >= 0.3 is 5.97 Å². The molecule has 2 atom stereocenters. The number of methoxy groups -OCH3 is 2. The Morgan fingerprint density at radius 1 is 1.05 bits per heavy atom. The third-order valence-corrected chi connectivity index (χ3v) is 7.27. The maximum atomic E-state index is 14.1. The monoisotopic (exact) mass is 571 g/mol. The Morgan fingerprint density at radius 2 is 1.81 bits per heavy atom. The summed E-state index contributed by atoms with van der Waals surface area (Å²) >= 11 is 0. The second kappa shape index (κ2) is 13.3. The number of aromatic nitrogens is 3. The molecule has 4 aromatic rings. The molecule has 2 unspecified atom stereocenters. The fourth-order valence-corrected chi connectivity index (χ4v) is 5.01. The van der Waals surface area contributed by atoms with E-state index in [1.54, 1.807) is 43.5 Å². The van der Waals surface area contributed by atoms with Crippen LogP contribution in [-0.4, -0.2) is 71.2 Å². The highest BCUT2D eigenvalue weighted by Crippen LogP contribution is 2.26. The Morgan fingerprint density at radius 3 is 2.50 bits per heavy atom. The first-order chi connectivity index (χ1) is 20.5. The van der Waals surface area contributed by atoms with Gasteiger partial charge in [0.05, 0.1) is 31.4 Å². The van der Waals surface area contributed by atoms with Crippen LogP contribution in [0.1, 0.15) is 40.4 Å². The van der Waals surface area contributed by atoms with Gasteiger partial charge in [0.15, 0.2) is 0 Å². The van der Waals surface area contributed by atoms with E-state index in [-0.39, 0.29) is 31.0 Å². The van der Waals surface area contributed by atoms with Crippen molar-refractivity contribution in [2.75, 3.05) is 27.4 Å². The highest BCUT2D eigenvalue weighted by Gasteiger charge is 2.33. The number of nitrogens with zero attached hydrogens (tertiary/aromatic N) is 4. The van der Waals surface area contributed by atoms with Gasteiger partial charge in [-0.05, 0) is 60.4 Å². The topological polar surface area (TPSA) is 125 Å². The molecule has 1 aliphatic rings. The van der Waals surface area contributed by atoms with Gasteiger partial charge in [-0.2, -0.15) is 0 Å². The number of hydrogen-bond donors (Lipinski definition) is 1. The fraction of sp³-hybridized carbons (Fsp3) is 0.323. The third kappa shape index (κ3) is 6.58. The molecule has 1 aromatic heterocycles. The van der Waals surface area contributed by atoms with Gasteiger partial charge in [0.25, 0.3) is 0 Å². The summed E-state index contributed by atoms with van der Waals surface area (Å²) in [5.74, 6) is -0.516. The number of hydrogen-bond acceptors (Lipinski definition) is 8. The quantitative estimate of drug-likeness (QED) is 0.272. The van der Waals surface area contributed by atoms with Crippen molar-refractivity contribution < 1.29 is 28.6 Å². The number of benzene rings is 3. The molecule has 0 aliphatic carbocycles. The highest BCUT2D eigenvalue weighted by molar-refractivity contribution is 5.91. The van der Waals surface area contributed by atoms with Crippen molar-refractivity contribution in [3.63, 3.8) is 0 Å². The van der Waals surface area contributed by atoms with Crippen molar-refractivity contribution in [2.45, 2.75) is 38.1 Å². The van der Waals surface area contributed by atoms with Gasteiger partial charge in [-0.25, -0.2) is 9.48 Å². The van der Waals surface area contributed by atoms with E-state index in [4.69, 9.17) is 14.2 Å². The molecule has 2 heterocycles. The van der Waals surface area contributed by atoms with Crippen LogP contribution < -0.4 is 10.1 Å². The predicted molar refractivity (Wildman–Crippen MR) is 154 cm³/mol. The summed E-state index contributed by atoms with van der Waals surface area (Å²) in [7, 11) is 2.89. The number of ether oxygens (including phenoxy) is 3. The molecule has 1 saturated heterocycles. The van der Waals surface area contributed by atoms with Crippen molar-refractivity contribution in [1.82, 2.24) is 25.2 Å². The first-order valence-electron chi connectivity index (χ1n) is 13.7. The number of carbonyl (C=O) groups excluding carboxylic acids is 3. The zero-order valence-corrected chi connectivity index (χ0v) is 23.6. The molecule has 2 amide bonds. The van der Waals surface area contributed by atoms with Gasteiger partial charge in [-0.1, -0.05) is 41.6 Å². The number of rotatable bonds is 11. The van der Waals surface area contributed by atoms with Crippen LogP contribution >= 0.6 is 0 Å². The number of carbonyl (C=O) groups is 3. The molecule has 11 heteroatoms. The summed E-state index contributed by atoms with van der Waals surface area (Å²) in [6.45, 7) is 0.986. The lowest BCUT2D eigenvalue weighted by Crippen LogP contribution is -2.46. The Balaban J connectivity index is 1.51. The Kier molecular flexibility index (Phi) is 9.08. The summed E-state index contributed by atoms with van der Waals surface area (Å²) in [5, 5.41) is 11.4. The number of para-hydroxylation sites is 1. The van der Waals surface area contributed by atoms with E-state index < -0.39 is 12.0 Å². The van der Waals surface area contributed by atoms with Gasteiger partial charge < -0.3 is 24.4 Å². The van der Waals surface area contributed by atoms with Gasteiger partial charge in [0.1, 0.15) is 23.9 Å². The maximum absolute atomic E-state index is 14.1. The van der Waals surface area contributed by atoms with Crippen LogP contribution in [0.2, 0.25) is 0 Å². The predicted octanol–water partition coefficient (Wildman–Crippen LogP) is 3.29. The molecule has 0 bridgehead atoms. The standard InChI is InChI=1S/C31H33N5O6/c1-40-24-15-9-21(10-16-24)19-35(28(37)20-36-27-8-4-3-7-26(27)33-34-36)29(30(38)32-18-25-6-5-17-42-25)22-11-13-23(14-12-22)31(39)41-2/h3-4,7-16,25,29H,5-6,17-20H2,1-2H3,(H,32,38). The highest BCUT2D eigenvalue weighted by atomic mass is 16.5. The van der Waals surface area contributed by atoms with E-state index >= 15 is 0 Å². The van der Waals surface area contributed by atoms with Gasteiger partial charge in [0, 0.05) is 19.7 Å². The van der Waals surface area contributed by atoms with Crippen molar-refractivity contribution in [2.24, 2.45) is 0 Å². The van der Waals surface area contributed by atoms with E-state index in [9.17, 15) is 14.4 Å². The molecule has 218 valence electrons. The minimum absolute atomic E-state index is 0.0800. The Labute approximate surface area is 243 Å². The molecule has 3 aromatic carbocycles. The number of esters is 1. The number of amides is 2. The molecular formula is C31H33N5O6. The maximum Gasteiger partial charge on any atom is 0.337 e. The number of nitrogens with one attached hydrogen (secondary N) is 1. The van der Waals surface area contributed by atoms with Crippen molar-refractivity contribution in [3.8, 4) is 5.75 Å². The normalized spacial score (nSPS) is 15.2. The Hall–Kier alpha value is -4.77. The molecule has 0 saturated carbocycles. The van der Waals surface area contributed by atoms with E-state index in [1.165, 1.54) is 16.7 Å². The zero-order valence-electron chi connectivity index (χ0n) is 23.6. The number of fused-ring (bicyclic) bond motifs is 1. The first-order valence-corrected chi connectivity index (χ1v) is 13.7. The van der Waals surface area contributed by atoms with Crippen molar-refractivity contribution in [3.05, 3.63) is 89.5 Å². The van der Waals surface area contributed by atoms with E-state index in [0.717, 1.165) is 18.4 Å². The molecule has 1 aliphatic heterocycles. The molecule has 1 fully saturated rings. The molecule has 1 N–H and O–H groups in total. The van der Waals surface area contributed by atoms with Crippen LogP contribution in [0.25, 0.3) is 11.0 Å². The Bertz CT molecular complexity index is 1530. The minimum atomic E-state index is -1.01. The summed E-state index contributed by atoms with van der Waals surface area (Å²) in [6, 6.07) is 20.2. The van der Waals surface area contributed by atoms with Crippen LogP contribution in [0.15, 0.2) is 72.8 Å². The molecule has 42 heavy (non-hydrogen) atoms. The summed E-state index contributed by atoms with van der Waals surface area (Å²) < 4.78 is 17.4. The van der Waals surface area contributed by atoms with Crippen molar-refractivity contribution >= 4 is 28.8 Å². The van der Waals surface area contributed by atoms with E-state index in [0.29, 0.717) is 41.1 Å². The fourth-order valence-electron chi connectivity index (χ4n) is 5.01. The molecule has 0 radical (unpaired) electrons. The third-order valence-electron chi connectivity index (χ3n) is 7.27. The van der Waals surface area contributed by atoms with Gasteiger partial charge in [-0.3, -0.25) is 9.59 Å². The lowest BCUT2D eigenvalue weighted by molar-refractivity contribution is -0.142. The van der Waals surface area contributed by atoms with Crippen LogP contribution in [0, 0.1) is 0 Å². The average Bonchev–Trinajstić information content (AvgIpc) is 3.70. The molecular weight excluding hydrogens is 538 g/mol. The van der Waals surface area contributed by atoms with Crippen LogP contribution in [0.4, 0.5) is 0 Å². The minimum Gasteiger partial charge on any atom is -0.497 e. The summed E-state index contributed by atoms with van der Waals surface area (Å²) in [6.07, 6.45) is 1.71. The lowest BCUT2D eigenvalue weighted by atomic mass is 10.0. The first kappa shape index (κ1) is 28.7. The van der Waals surface area contributed by atoms with E-state index in [1.807, 2.05) is 36.4 Å². The molecule has 5 rings (SSSR count). The second-order valence-electron chi connectivity index (χ2n) is 10.0. The van der Waals surface area contributed by atoms with Crippen LogP contribution in [0.3, 0.4) is 0 Å². The van der Waals surface area contributed by atoms with Crippen LogP contribution in [0.5, 0.6) is 5.75 Å². The lowest BCUT2D eigenvalue weighted by Gasteiger charge is -2.32. The zero-order chi connectivity index (χ0) is 29.5. The van der Waals surface area contributed by atoms with Gasteiger partial charge in [-0.15, -0.1) is 5.10 Å². The summed E-state index contributed by atoms with van der Waals surface area (Å²) in [4.78, 5) is 41.7. The largest absolute Gasteiger partial charge is 0.497 e. The smallest absolute Gasteiger partial charge is 0.337 e. The van der Waals surface area contributed by atoms with Gasteiger partial charge in [0.2, 0.25) is 11.8 Å². The summed E-state index contributed by atoms with van der Waals surface area (Å²) in [5.41, 5.74) is 3.05. The van der Waals surface area contributed by atoms with Crippen LogP contribution in [-0.2, 0) is 32.2 Å². The average molecular weight is 572 g/mol. The molecule has 0 spiro atoms. The van der Waals surface area contributed by atoms with E-state index in [2.05, 4.69) is 15.6 Å². The SMILES string of the molecule is COC(=O)c1ccc(C(C(=O)NCC2CCCO2)N(Cc2ccc(OC)cc2)C(=O)Cn2nnc3ccccc32)cc1. The second-order valence-corrected chi connectivity index (χ2v) is 10.0.